The Morgan fingerprint density at radius 2 is 2.05 bits per heavy atom. The molecule has 0 saturated heterocycles. The number of aliphatic imine (C=N–C) groups is 3. The number of nitrogens with zero attached hydrogens (tertiary/aromatic N) is 4. The van der Waals surface area contributed by atoms with E-state index in [2.05, 4.69) is 36.1 Å². The van der Waals surface area contributed by atoms with Crippen molar-refractivity contribution in [2.24, 2.45) is 26.3 Å². The van der Waals surface area contributed by atoms with Crippen LogP contribution < -0.4 is 16.2 Å². The number of thioether (sulfide) groups is 1. The van der Waals surface area contributed by atoms with E-state index in [1.165, 1.54) is 18.0 Å². The fourth-order valence-corrected chi connectivity index (χ4v) is 6.27. The lowest BCUT2D eigenvalue weighted by Gasteiger charge is -2.30. The molecule has 200 valence electrons. The molecule has 1 aromatic heterocycles. The molecule has 0 radical (unpaired) electrons. The number of amidine groups is 1. The Morgan fingerprint density at radius 1 is 1.27 bits per heavy atom. The van der Waals surface area contributed by atoms with Crippen LogP contribution in [0.2, 0.25) is 0 Å². The lowest BCUT2D eigenvalue weighted by atomic mass is 9.82. The van der Waals surface area contributed by atoms with Gasteiger partial charge in [0.05, 0.1) is 12.2 Å². The van der Waals surface area contributed by atoms with Gasteiger partial charge in [-0.05, 0) is 30.5 Å². The van der Waals surface area contributed by atoms with Crippen molar-refractivity contribution >= 4 is 41.3 Å². The molecular weight excluding hydrogens is 507 g/mol. The predicted octanol–water partition coefficient (Wildman–Crippen LogP) is 3.03. The van der Waals surface area contributed by atoms with Gasteiger partial charge in [-0.3, -0.25) is 40.7 Å². The average Bonchev–Trinajstić information content (AvgIpc) is 3.25. The molecule has 1 aromatic rings. The van der Waals surface area contributed by atoms with Crippen LogP contribution in [-0.2, 0) is 10.2 Å². The second kappa shape index (κ2) is 10.5. The molecule has 13 heteroatoms. The normalized spacial score (nSPS) is 27.7. The molecule has 4 rings (SSSR count). The second-order valence-electron chi connectivity index (χ2n) is 9.87. The van der Waals surface area contributed by atoms with Crippen molar-refractivity contribution in [2.45, 2.75) is 57.0 Å². The molecule has 0 aromatic carbocycles. The molecular formula is C24H30F3N7O2S. The first-order valence-electron chi connectivity index (χ1n) is 12.1. The minimum Gasteiger partial charge on any atom is -0.299 e. The van der Waals surface area contributed by atoms with Crippen molar-refractivity contribution in [1.82, 2.24) is 21.2 Å². The largest absolute Gasteiger partial charge is 0.429 e. The van der Waals surface area contributed by atoms with Gasteiger partial charge in [0.2, 0.25) is 5.91 Å². The quantitative estimate of drug-likeness (QED) is 0.348. The van der Waals surface area contributed by atoms with Crippen molar-refractivity contribution in [3.63, 3.8) is 0 Å². The lowest BCUT2D eigenvalue weighted by molar-refractivity contribution is -0.122. The number of carbonyl (C=O) groups excluding carboxylic acids is 2. The zero-order chi connectivity index (χ0) is 26.8. The molecule has 1 fully saturated rings. The minimum atomic E-state index is -4.47. The third-order valence-corrected chi connectivity index (χ3v) is 8.08. The molecule has 37 heavy (non-hydrogen) atoms. The molecule has 1 saturated carbocycles. The molecule has 3 aliphatic rings. The topological polar surface area (TPSA) is 120 Å². The van der Waals surface area contributed by atoms with Gasteiger partial charge < -0.3 is 0 Å². The number of hydrazine groups is 1. The van der Waals surface area contributed by atoms with Crippen LogP contribution in [0.15, 0.2) is 33.4 Å². The van der Waals surface area contributed by atoms with Gasteiger partial charge in [0.1, 0.15) is 16.9 Å². The van der Waals surface area contributed by atoms with Gasteiger partial charge in [-0.15, -0.1) is 11.8 Å². The van der Waals surface area contributed by atoms with E-state index >= 15 is 0 Å². The summed E-state index contributed by atoms with van der Waals surface area (Å²) in [7, 11) is 0. The molecule has 0 bridgehead atoms. The van der Waals surface area contributed by atoms with Crippen molar-refractivity contribution in [1.29, 1.82) is 0 Å². The number of amides is 2. The Balaban J connectivity index is 1.61. The van der Waals surface area contributed by atoms with Crippen LogP contribution in [0.5, 0.6) is 0 Å². The van der Waals surface area contributed by atoms with E-state index in [1.807, 2.05) is 20.8 Å². The van der Waals surface area contributed by atoms with Crippen LogP contribution in [-0.4, -0.2) is 65.1 Å². The highest BCUT2D eigenvalue weighted by Crippen LogP contribution is 2.72. The van der Waals surface area contributed by atoms with Gasteiger partial charge in [0, 0.05) is 48.0 Å². The first-order chi connectivity index (χ1) is 17.5. The van der Waals surface area contributed by atoms with Crippen LogP contribution in [0, 0.1) is 11.3 Å². The molecule has 9 nitrogen and oxygen atoms in total. The van der Waals surface area contributed by atoms with Crippen LogP contribution in [0.25, 0.3) is 0 Å². The molecule has 0 spiro atoms. The summed E-state index contributed by atoms with van der Waals surface area (Å²) in [4.78, 5) is 41.9. The highest BCUT2D eigenvalue weighted by molar-refractivity contribution is 8.01. The molecule has 3 atom stereocenters. The Bertz CT molecular complexity index is 1150. The number of hydrogen-bond donors (Lipinski definition) is 3. The summed E-state index contributed by atoms with van der Waals surface area (Å²) in [6.45, 7) is 6.82. The maximum Gasteiger partial charge on any atom is 0.429 e. The third kappa shape index (κ3) is 5.57. The SMILES string of the molecule is CCNCN=C1CC2(C3N=C(C(F)(F)F)CS3)CC2(c2cncc(C(=O)NNC(=O)CC(C)C)c2)C=N1. The second-order valence-corrected chi connectivity index (χ2v) is 10.9. The summed E-state index contributed by atoms with van der Waals surface area (Å²) >= 11 is 1.17. The summed E-state index contributed by atoms with van der Waals surface area (Å²) in [5, 5.41) is 2.47. The van der Waals surface area contributed by atoms with Crippen LogP contribution >= 0.6 is 11.8 Å². The van der Waals surface area contributed by atoms with Crippen LogP contribution in [0.4, 0.5) is 13.2 Å². The van der Waals surface area contributed by atoms with Crippen molar-refractivity contribution in [3.8, 4) is 0 Å². The number of pyridine rings is 1. The number of nitrogens with one attached hydrogen (secondary N) is 3. The number of aromatic nitrogens is 1. The van der Waals surface area contributed by atoms with Gasteiger partial charge in [-0.2, -0.15) is 13.2 Å². The first-order valence-corrected chi connectivity index (χ1v) is 13.1. The highest BCUT2D eigenvalue weighted by Gasteiger charge is 2.73. The maximum atomic E-state index is 13.4. The Kier molecular flexibility index (Phi) is 7.75. The number of rotatable bonds is 8. The van der Waals surface area contributed by atoms with E-state index in [0.29, 0.717) is 30.9 Å². The van der Waals surface area contributed by atoms with Gasteiger partial charge in [-0.25, -0.2) is 4.99 Å². The number of hydrogen-bond acceptors (Lipinski definition) is 7. The minimum absolute atomic E-state index is 0.134. The lowest BCUT2D eigenvalue weighted by Crippen LogP contribution is -2.42. The summed E-state index contributed by atoms with van der Waals surface area (Å²) in [6, 6.07) is 1.65. The Hall–Kier alpha value is -2.80. The zero-order valence-corrected chi connectivity index (χ0v) is 21.7. The smallest absolute Gasteiger partial charge is 0.299 e. The molecule has 3 heterocycles. The maximum absolute atomic E-state index is 13.4. The predicted molar refractivity (Wildman–Crippen MR) is 137 cm³/mol. The van der Waals surface area contributed by atoms with Gasteiger partial charge in [-0.1, -0.05) is 20.8 Å². The number of fused-ring (bicyclic) bond motifs is 1. The van der Waals surface area contributed by atoms with Crippen molar-refractivity contribution in [3.05, 3.63) is 29.6 Å². The van der Waals surface area contributed by atoms with E-state index in [1.54, 1.807) is 18.5 Å². The van der Waals surface area contributed by atoms with E-state index in [9.17, 15) is 22.8 Å². The Labute approximate surface area is 217 Å². The van der Waals surface area contributed by atoms with Crippen molar-refractivity contribution < 1.29 is 22.8 Å². The van der Waals surface area contributed by atoms with E-state index in [0.717, 1.165) is 6.54 Å². The third-order valence-electron chi connectivity index (χ3n) is 6.76. The molecule has 2 aliphatic heterocycles. The summed E-state index contributed by atoms with van der Waals surface area (Å²) in [5.74, 6) is -0.367. The van der Waals surface area contributed by atoms with Crippen molar-refractivity contribution in [2.75, 3.05) is 19.0 Å². The molecule has 3 N–H and O–H groups in total. The average molecular weight is 538 g/mol. The summed E-state index contributed by atoms with van der Waals surface area (Å²) in [5.41, 5.74) is 3.51. The number of halogens is 3. The Morgan fingerprint density at radius 3 is 2.73 bits per heavy atom. The fourth-order valence-electron chi connectivity index (χ4n) is 4.82. The summed E-state index contributed by atoms with van der Waals surface area (Å²) in [6.07, 6.45) is 1.37. The zero-order valence-electron chi connectivity index (χ0n) is 20.9. The van der Waals surface area contributed by atoms with Crippen LogP contribution in [0.1, 0.15) is 56.0 Å². The number of carbonyl (C=O) groups is 2. The van der Waals surface area contributed by atoms with Crippen LogP contribution in [0.3, 0.4) is 0 Å². The molecule has 1 aliphatic carbocycles. The highest BCUT2D eigenvalue weighted by atomic mass is 32.2. The molecule has 2 amide bonds. The standard InChI is InChI=1S/C24H30F3N7O2S/c1-4-28-13-31-18-7-22(21-32-17(10-37-21)24(25,26)27)11-23(22,12-30-18)16-6-15(8-29-9-16)20(36)34-33-19(35)5-14(2)3/h6,8-9,12,14,21,28H,4-5,7,10-11,13H2,1-3H3,(H,33,35)(H,34,36). The van der Waals surface area contributed by atoms with Gasteiger partial charge in [0.15, 0.2) is 0 Å². The number of alkyl halides is 3. The van der Waals surface area contributed by atoms with E-state index in [4.69, 9.17) is 0 Å². The first kappa shape index (κ1) is 27.2. The monoisotopic (exact) mass is 537 g/mol. The van der Waals surface area contributed by atoms with Gasteiger partial charge in [0.25, 0.3) is 5.91 Å². The molecule has 3 unspecified atom stereocenters. The van der Waals surface area contributed by atoms with Gasteiger partial charge >= 0.3 is 6.18 Å². The van der Waals surface area contributed by atoms with E-state index < -0.39 is 34.0 Å². The van der Waals surface area contributed by atoms with E-state index in [-0.39, 0.29) is 29.6 Å². The summed E-state index contributed by atoms with van der Waals surface area (Å²) < 4.78 is 40.2. The fraction of sp³-hybridized carbons (Fsp3) is 0.583.